The average molecular weight is 237 g/mol. The van der Waals surface area contributed by atoms with Gasteiger partial charge in [-0.15, -0.1) is 0 Å². The highest BCUT2D eigenvalue weighted by Gasteiger charge is 2.05. The molecule has 0 unspecified atom stereocenters. The average Bonchev–Trinajstić information content (AvgIpc) is 2.42. The van der Waals surface area contributed by atoms with Crippen LogP contribution in [0.3, 0.4) is 0 Å². The van der Waals surface area contributed by atoms with Gasteiger partial charge in [-0.1, -0.05) is 65.8 Å². The van der Waals surface area contributed by atoms with Gasteiger partial charge in [0.15, 0.2) is 0 Å². The maximum Gasteiger partial charge on any atom is 0.112 e. The summed E-state index contributed by atoms with van der Waals surface area (Å²) in [5.41, 5.74) is 3.52. The third-order valence-corrected chi connectivity index (χ3v) is 2.70. The Morgan fingerprint density at radius 2 is 1.50 bits per heavy atom. The molecule has 2 aromatic rings. The highest BCUT2D eigenvalue weighted by Crippen LogP contribution is 2.13. The molecule has 2 rings (SSSR count). The Balaban J connectivity index is 2.33. The van der Waals surface area contributed by atoms with Crippen molar-refractivity contribution in [1.82, 2.24) is 0 Å². The summed E-state index contributed by atoms with van der Waals surface area (Å²) in [4.78, 5) is 0. The molecule has 0 aliphatic carbocycles. The molecule has 0 amide bonds. The van der Waals surface area contributed by atoms with Crippen LogP contribution in [-0.4, -0.2) is 10.9 Å². The van der Waals surface area contributed by atoms with Crippen LogP contribution >= 0.6 is 0 Å². The van der Waals surface area contributed by atoms with Crippen molar-refractivity contribution >= 4 is 11.8 Å². The SMILES string of the molecule is CC(=Cc1ccccc1)C(=NO)c1ccccc1. The van der Waals surface area contributed by atoms with E-state index >= 15 is 0 Å². The number of rotatable bonds is 3. The molecule has 0 aliphatic rings. The molecule has 0 aliphatic heterocycles. The van der Waals surface area contributed by atoms with E-state index in [1.165, 1.54) is 0 Å². The molecule has 0 saturated carbocycles. The van der Waals surface area contributed by atoms with E-state index in [1.807, 2.05) is 73.7 Å². The Kier molecular flexibility index (Phi) is 3.92. The quantitative estimate of drug-likeness (QED) is 0.489. The predicted molar refractivity (Wildman–Crippen MR) is 74.9 cm³/mol. The van der Waals surface area contributed by atoms with E-state index in [4.69, 9.17) is 0 Å². The fourth-order valence-electron chi connectivity index (χ4n) is 1.83. The van der Waals surface area contributed by atoms with Crippen molar-refractivity contribution in [1.29, 1.82) is 0 Å². The zero-order chi connectivity index (χ0) is 12.8. The molecular weight excluding hydrogens is 222 g/mol. The van der Waals surface area contributed by atoms with Gasteiger partial charge in [0.2, 0.25) is 0 Å². The van der Waals surface area contributed by atoms with Gasteiger partial charge < -0.3 is 5.21 Å². The molecule has 0 spiro atoms. The van der Waals surface area contributed by atoms with Crippen molar-refractivity contribution in [2.45, 2.75) is 6.92 Å². The maximum atomic E-state index is 9.18. The molecule has 0 heterocycles. The van der Waals surface area contributed by atoms with E-state index in [9.17, 15) is 5.21 Å². The molecule has 0 fully saturated rings. The lowest BCUT2D eigenvalue weighted by molar-refractivity contribution is 0.319. The standard InChI is InChI=1S/C16H15NO/c1-13(12-14-8-4-2-5-9-14)16(17-18)15-10-6-3-7-11-15/h2-12,18H,1H3. The van der Waals surface area contributed by atoms with Crippen molar-refractivity contribution < 1.29 is 5.21 Å². The minimum atomic E-state index is 0.597. The molecule has 2 heteroatoms. The van der Waals surface area contributed by atoms with Crippen molar-refractivity contribution in [2.75, 3.05) is 0 Å². The summed E-state index contributed by atoms with van der Waals surface area (Å²) in [6, 6.07) is 19.6. The minimum absolute atomic E-state index is 0.597. The fraction of sp³-hybridized carbons (Fsp3) is 0.0625. The zero-order valence-corrected chi connectivity index (χ0v) is 10.2. The third kappa shape index (κ3) is 2.86. The largest absolute Gasteiger partial charge is 0.410 e. The van der Waals surface area contributed by atoms with Gasteiger partial charge in [-0.25, -0.2) is 0 Å². The van der Waals surface area contributed by atoms with E-state index in [0.717, 1.165) is 16.7 Å². The molecule has 2 aromatic carbocycles. The van der Waals surface area contributed by atoms with E-state index in [-0.39, 0.29) is 0 Å². The Labute approximate surface area is 107 Å². The van der Waals surface area contributed by atoms with Crippen molar-refractivity contribution in [3.8, 4) is 0 Å². The second-order valence-corrected chi connectivity index (χ2v) is 4.05. The second-order valence-electron chi connectivity index (χ2n) is 4.05. The molecular formula is C16H15NO. The van der Waals surface area contributed by atoms with Crippen molar-refractivity contribution in [3.63, 3.8) is 0 Å². The van der Waals surface area contributed by atoms with Crippen molar-refractivity contribution in [3.05, 3.63) is 77.4 Å². The monoisotopic (exact) mass is 237 g/mol. The molecule has 0 atom stereocenters. The van der Waals surface area contributed by atoms with E-state index in [2.05, 4.69) is 5.16 Å². The van der Waals surface area contributed by atoms with Crippen LogP contribution in [0.5, 0.6) is 0 Å². The maximum absolute atomic E-state index is 9.18. The number of allylic oxidation sites excluding steroid dienone is 1. The summed E-state index contributed by atoms with van der Waals surface area (Å²) in [5.74, 6) is 0. The highest BCUT2D eigenvalue weighted by atomic mass is 16.4. The van der Waals surface area contributed by atoms with Crippen LogP contribution in [-0.2, 0) is 0 Å². The topological polar surface area (TPSA) is 32.6 Å². The van der Waals surface area contributed by atoms with Crippen LogP contribution in [0.1, 0.15) is 18.1 Å². The van der Waals surface area contributed by atoms with Crippen LogP contribution in [0.25, 0.3) is 6.08 Å². The summed E-state index contributed by atoms with van der Waals surface area (Å²) in [7, 11) is 0. The first-order chi connectivity index (χ1) is 8.81. The number of oxime groups is 1. The molecule has 0 radical (unpaired) electrons. The van der Waals surface area contributed by atoms with Gasteiger partial charge in [0.25, 0.3) is 0 Å². The highest BCUT2D eigenvalue weighted by molar-refractivity contribution is 6.14. The summed E-state index contributed by atoms with van der Waals surface area (Å²) < 4.78 is 0. The van der Waals surface area contributed by atoms with Crippen LogP contribution < -0.4 is 0 Å². The summed E-state index contributed by atoms with van der Waals surface area (Å²) in [6.07, 6.45) is 2.00. The van der Waals surface area contributed by atoms with Gasteiger partial charge in [-0.2, -0.15) is 0 Å². The fourth-order valence-corrected chi connectivity index (χ4v) is 1.83. The summed E-state index contributed by atoms with van der Waals surface area (Å²) in [6.45, 7) is 1.94. The molecule has 0 bridgehead atoms. The smallest absolute Gasteiger partial charge is 0.112 e. The van der Waals surface area contributed by atoms with E-state index < -0.39 is 0 Å². The number of nitrogens with zero attached hydrogens (tertiary/aromatic N) is 1. The van der Waals surface area contributed by atoms with Crippen LogP contribution in [0.4, 0.5) is 0 Å². The molecule has 90 valence electrons. The van der Waals surface area contributed by atoms with Gasteiger partial charge in [0.1, 0.15) is 5.71 Å². The molecule has 0 saturated heterocycles. The van der Waals surface area contributed by atoms with Gasteiger partial charge >= 0.3 is 0 Å². The van der Waals surface area contributed by atoms with Gasteiger partial charge in [0, 0.05) is 5.56 Å². The van der Waals surface area contributed by atoms with Gasteiger partial charge in [-0.3, -0.25) is 0 Å². The molecule has 1 N–H and O–H groups in total. The van der Waals surface area contributed by atoms with E-state index in [1.54, 1.807) is 0 Å². The second kappa shape index (κ2) is 5.82. The Morgan fingerprint density at radius 3 is 2.06 bits per heavy atom. The number of benzene rings is 2. The van der Waals surface area contributed by atoms with E-state index in [0.29, 0.717) is 5.71 Å². The van der Waals surface area contributed by atoms with Crippen LogP contribution in [0.15, 0.2) is 71.4 Å². The van der Waals surface area contributed by atoms with Gasteiger partial charge in [-0.05, 0) is 24.1 Å². The number of hydrogen-bond donors (Lipinski definition) is 1. The molecule has 18 heavy (non-hydrogen) atoms. The third-order valence-electron chi connectivity index (χ3n) is 2.70. The Bertz CT molecular complexity index is 556. The van der Waals surface area contributed by atoms with Gasteiger partial charge in [0.05, 0.1) is 0 Å². The molecule has 2 nitrogen and oxygen atoms in total. The Hall–Kier alpha value is -2.35. The van der Waals surface area contributed by atoms with Crippen molar-refractivity contribution in [2.24, 2.45) is 5.16 Å². The lowest BCUT2D eigenvalue weighted by Gasteiger charge is -2.05. The summed E-state index contributed by atoms with van der Waals surface area (Å²) >= 11 is 0. The lowest BCUT2D eigenvalue weighted by atomic mass is 10.0. The van der Waals surface area contributed by atoms with Crippen LogP contribution in [0, 0.1) is 0 Å². The number of hydrogen-bond acceptors (Lipinski definition) is 2. The first-order valence-corrected chi connectivity index (χ1v) is 5.82. The minimum Gasteiger partial charge on any atom is -0.410 e. The molecule has 0 aromatic heterocycles. The Morgan fingerprint density at radius 1 is 0.944 bits per heavy atom. The van der Waals surface area contributed by atoms with Crippen LogP contribution in [0.2, 0.25) is 0 Å². The summed E-state index contributed by atoms with van der Waals surface area (Å²) in [5, 5.41) is 12.6. The predicted octanol–water partition coefficient (Wildman–Crippen LogP) is 3.97. The normalized spacial score (nSPS) is 12.5. The zero-order valence-electron chi connectivity index (χ0n) is 10.2. The lowest BCUT2D eigenvalue weighted by Crippen LogP contribution is -2.02. The first-order valence-electron chi connectivity index (χ1n) is 5.82. The first kappa shape index (κ1) is 12.1.